The van der Waals surface area contributed by atoms with Gasteiger partial charge in [-0.1, -0.05) is 11.6 Å². The van der Waals surface area contributed by atoms with E-state index in [1.54, 1.807) is 32.0 Å². The van der Waals surface area contributed by atoms with Gasteiger partial charge in [-0.25, -0.2) is 0 Å². The molecule has 1 rings (SSSR count). The van der Waals surface area contributed by atoms with Gasteiger partial charge < -0.3 is 16.2 Å². The Hall–Kier alpha value is -0.970. The van der Waals surface area contributed by atoms with Crippen molar-refractivity contribution in [3.05, 3.63) is 28.8 Å². The minimum absolute atomic E-state index is 0. The second-order valence-electron chi connectivity index (χ2n) is 4.46. The monoisotopic (exact) mass is 292 g/mol. The standard InChI is InChI=1S/C12H17ClN2O2.ClH/c1-12(2,11(16)17-3)10(15)8-6-7(13)4-5-9(8)14;/h4-6,10H,14-15H2,1-3H3;1H/t10-;/m1./s1. The molecule has 102 valence electrons. The third kappa shape index (κ3) is 3.28. The van der Waals surface area contributed by atoms with Crippen LogP contribution in [0.15, 0.2) is 18.2 Å². The zero-order valence-electron chi connectivity index (χ0n) is 10.6. The molecular weight excluding hydrogens is 275 g/mol. The van der Waals surface area contributed by atoms with E-state index in [1.165, 1.54) is 7.11 Å². The topological polar surface area (TPSA) is 78.3 Å². The largest absolute Gasteiger partial charge is 0.469 e. The predicted molar refractivity (Wildman–Crippen MR) is 75.8 cm³/mol. The highest BCUT2D eigenvalue weighted by molar-refractivity contribution is 6.30. The summed E-state index contributed by atoms with van der Waals surface area (Å²) in [6, 6.07) is 4.45. The SMILES string of the molecule is COC(=O)C(C)(C)[C@H](N)c1cc(Cl)ccc1N.Cl. The first-order chi connectivity index (χ1) is 7.80. The van der Waals surface area contributed by atoms with Crippen molar-refractivity contribution in [3.8, 4) is 0 Å². The molecule has 0 aromatic heterocycles. The maximum Gasteiger partial charge on any atom is 0.313 e. The van der Waals surface area contributed by atoms with Crippen molar-refractivity contribution >= 4 is 35.7 Å². The molecule has 0 saturated heterocycles. The molecule has 18 heavy (non-hydrogen) atoms. The van der Waals surface area contributed by atoms with Gasteiger partial charge in [0.25, 0.3) is 0 Å². The van der Waals surface area contributed by atoms with Crippen LogP contribution in [-0.4, -0.2) is 13.1 Å². The summed E-state index contributed by atoms with van der Waals surface area (Å²) in [7, 11) is 1.33. The van der Waals surface area contributed by atoms with Crippen LogP contribution in [0, 0.1) is 5.41 Å². The van der Waals surface area contributed by atoms with Crippen molar-refractivity contribution in [2.24, 2.45) is 11.1 Å². The Morgan fingerprint density at radius 2 is 2.00 bits per heavy atom. The predicted octanol–water partition coefficient (Wildman–Crippen LogP) is 2.54. The Bertz CT molecular complexity index is 436. The zero-order valence-corrected chi connectivity index (χ0v) is 12.1. The Labute approximate surface area is 118 Å². The molecule has 0 radical (unpaired) electrons. The first-order valence-electron chi connectivity index (χ1n) is 5.19. The lowest BCUT2D eigenvalue weighted by Crippen LogP contribution is -2.37. The van der Waals surface area contributed by atoms with Crippen LogP contribution in [0.3, 0.4) is 0 Å². The molecule has 1 aromatic rings. The van der Waals surface area contributed by atoms with Crippen molar-refractivity contribution < 1.29 is 9.53 Å². The number of nitrogen functional groups attached to an aromatic ring is 1. The van der Waals surface area contributed by atoms with Crippen LogP contribution in [0.5, 0.6) is 0 Å². The molecular formula is C12H18Cl2N2O2. The van der Waals surface area contributed by atoms with Gasteiger partial charge in [0.1, 0.15) is 0 Å². The Balaban J connectivity index is 0.00000289. The summed E-state index contributed by atoms with van der Waals surface area (Å²) in [4.78, 5) is 11.7. The number of carbonyl (C=O) groups excluding carboxylic acids is 1. The van der Waals surface area contributed by atoms with E-state index in [0.29, 0.717) is 16.3 Å². The first kappa shape index (κ1) is 17.0. The fourth-order valence-corrected chi connectivity index (χ4v) is 1.77. The molecule has 0 heterocycles. The maximum atomic E-state index is 11.7. The number of carbonyl (C=O) groups is 1. The second kappa shape index (κ2) is 6.27. The lowest BCUT2D eigenvalue weighted by Gasteiger charge is -2.29. The summed E-state index contributed by atoms with van der Waals surface area (Å²) >= 11 is 5.90. The molecule has 0 unspecified atom stereocenters. The van der Waals surface area contributed by atoms with Crippen LogP contribution in [0.1, 0.15) is 25.5 Å². The number of anilines is 1. The number of nitrogens with two attached hydrogens (primary N) is 2. The summed E-state index contributed by atoms with van der Waals surface area (Å²) in [5, 5.41) is 0.533. The second-order valence-corrected chi connectivity index (χ2v) is 4.90. The van der Waals surface area contributed by atoms with E-state index in [-0.39, 0.29) is 18.4 Å². The highest BCUT2D eigenvalue weighted by atomic mass is 35.5. The quantitative estimate of drug-likeness (QED) is 0.663. The van der Waals surface area contributed by atoms with E-state index < -0.39 is 11.5 Å². The summed E-state index contributed by atoms with van der Waals surface area (Å²) in [5.74, 6) is -0.385. The van der Waals surface area contributed by atoms with E-state index in [1.807, 2.05) is 0 Å². The van der Waals surface area contributed by atoms with Crippen LogP contribution in [-0.2, 0) is 9.53 Å². The molecule has 0 bridgehead atoms. The van der Waals surface area contributed by atoms with E-state index in [9.17, 15) is 4.79 Å². The van der Waals surface area contributed by atoms with Crippen LogP contribution >= 0.6 is 24.0 Å². The minimum Gasteiger partial charge on any atom is -0.469 e. The van der Waals surface area contributed by atoms with Crippen LogP contribution in [0.4, 0.5) is 5.69 Å². The minimum atomic E-state index is -0.868. The summed E-state index contributed by atoms with van der Waals surface area (Å²) < 4.78 is 4.73. The molecule has 0 aliphatic carbocycles. The molecule has 4 N–H and O–H groups in total. The lowest BCUT2D eigenvalue weighted by atomic mass is 9.80. The lowest BCUT2D eigenvalue weighted by molar-refractivity contribution is -0.152. The Kier molecular flexibility index (Phi) is 5.93. The molecule has 1 aromatic carbocycles. The van der Waals surface area contributed by atoms with Crippen molar-refractivity contribution in [1.29, 1.82) is 0 Å². The normalized spacial score (nSPS) is 12.5. The van der Waals surface area contributed by atoms with Crippen molar-refractivity contribution in [1.82, 2.24) is 0 Å². The fraction of sp³-hybridized carbons (Fsp3) is 0.417. The summed E-state index contributed by atoms with van der Waals surface area (Å²) in [6.45, 7) is 3.42. The number of ether oxygens (including phenoxy) is 1. The molecule has 0 amide bonds. The fourth-order valence-electron chi connectivity index (χ4n) is 1.59. The van der Waals surface area contributed by atoms with E-state index in [0.717, 1.165) is 0 Å². The van der Waals surface area contributed by atoms with Crippen molar-refractivity contribution in [2.45, 2.75) is 19.9 Å². The van der Waals surface area contributed by atoms with Gasteiger partial charge in [-0.15, -0.1) is 12.4 Å². The number of hydrogen-bond acceptors (Lipinski definition) is 4. The molecule has 6 heteroatoms. The molecule has 0 saturated carbocycles. The molecule has 0 aliphatic heterocycles. The first-order valence-corrected chi connectivity index (χ1v) is 5.57. The van der Waals surface area contributed by atoms with Crippen LogP contribution < -0.4 is 11.5 Å². The van der Waals surface area contributed by atoms with Gasteiger partial charge in [0.05, 0.1) is 12.5 Å². The van der Waals surface area contributed by atoms with Crippen LogP contribution in [0.25, 0.3) is 0 Å². The molecule has 0 spiro atoms. The van der Waals surface area contributed by atoms with Gasteiger partial charge in [0, 0.05) is 16.8 Å². The molecule has 0 fully saturated rings. The number of esters is 1. The molecule has 1 atom stereocenters. The third-order valence-corrected chi connectivity index (χ3v) is 3.11. The van der Waals surface area contributed by atoms with E-state index >= 15 is 0 Å². The van der Waals surface area contributed by atoms with Crippen molar-refractivity contribution in [3.63, 3.8) is 0 Å². The van der Waals surface area contributed by atoms with Gasteiger partial charge in [-0.05, 0) is 37.6 Å². The molecule has 4 nitrogen and oxygen atoms in total. The molecule has 0 aliphatic rings. The number of benzene rings is 1. The highest BCUT2D eigenvalue weighted by Gasteiger charge is 2.37. The highest BCUT2D eigenvalue weighted by Crippen LogP contribution is 2.36. The maximum absolute atomic E-state index is 11.7. The zero-order chi connectivity index (χ0) is 13.2. The van der Waals surface area contributed by atoms with Gasteiger partial charge in [-0.3, -0.25) is 4.79 Å². The van der Waals surface area contributed by atoms with E-state index in [2.05, 4.69) is 0 Å². The number of methoxy groups -OCH3 is 1. The summed E-state index contributed by atoms with van der Waals surface area (Å²) in [5.41, 5.74) is 12.2. The smallest absolute Gasteiger partial charge is 0.313 e. The number of halogens is 2. The Morgan fingerprint density at radius 1 is 1.44 bits per heavy atom. The van der Waals surface area contributed by atoms with Gasteiger partial charge in [0.15, 0.2) is 0 Å². The average molecular weight is 293 g/mol. The third-order valence-electron chi connectivity index (χ3n) is 2.87. The van der Waals surface area contributed by atoms with Gasteiger partial charge >= 0.3 is 5.97 Å². The number of rotatable bonds is 3. The van der Waals surface area contributed by atoms with Gasteiger partial charge in [0.2, 0.25) is 0 Å². The van der Waals surface area contributed by atoms with E-state index in [4.69, 9.17) is 27.8 Å². The Morgan fingerprint density at radius 3 is 2.50 bits per heavy atom. The van der Waals surface area contributed by atoms with Gasteiger partial charge in [-0.2, -0.15) is 0 Å². The summed E-state index contributed by atoms with van der Waals surface area (Å²) in [6.07, 6.45) is 0. The van der Waals surface area contributed by atoms with Crippen molar-refractivity contribution in [2.75, 3.05) is 12.8 Å². The van der Waals surface area contributed by atoms with Crippen LogP contribution in [0.2, 0.25) is 5.02 Å². The average Bonchev–Trinajstić information content (AvgIpc) is 2.30. The number of hydrogen-bond donors (Lipinski definition) is 2.